The third-order valence-corrected chi connectivity index (χ3v) is 3.66. The van der Waals surface area contributed by atoms with Gasteiger partial charge in [-0.25, -0.2) is 0 Å². The largest absolute Gasteiger partial charge is 0.356 e. The molecular weight excluding hydrogens is 236 g/mol. The Morgan fingerprint density at radius 2 is 1.58 bits per heavy atom. The van der Waals surface area contributed by atoms with E-state index in [2.05, 4.69) is 22.8 Å². The Hall–Kier alpha value is -1.35. The topological polar surface area (TPSA) is 41.1 Å². The number of nitrogens with one attached hydrogen (secondary N) is 2. The number of hydrogen-bond donors (Lipinski definition) is 2. The summed E-state index contributed by atoms with van der Waals surface area (Å²) in [6.45, 7) is 1.81. The molecule has 1 aliphatic heterocycles. The van der Waals surface area contributed by atoms with E-state index in [-0.39, 0.29) is 11.9 Å². The van der Waals surface area contributed by atoms with Crippen LogP contribution in [-0.2, 0) is 4.79 Å². The van der Waals surface area contributed by atoms with Gasteiger partial charge in [0.1, 0.15) is 0 Å². The molecule has 0 aliphatic carbocycles. The SMILES string of the molecule is O=C1CC(c2ccccc2)NCCCCCCCN1. The van der Waals surface area contributed by atoms with Crippen molar-refractivity contribution in [2.45, 2.75) is 44.6 Å². The monoisotopic (exact) mass is 260 g/mol. The molecule has 2 rings (SSSR count). The van der Waals surface area contributed by atoms with Gasteiger partial charge in [0.15, 0.2) is 0 Å². The molecule has 0 spiro atoms. The molecule has 1 amide bonds. The van der Waals surface area contributed by atoms with Gasteiger partial charge in [-0.2, -0.15) is 0 Å². The van der Waals surface area contributed by atoms with Gasteiger partial charge in [-0.3, -0.25) is 4.79 Å². The van der Waals surface area contributed by atoms with Gasteiger partial charge in [0.2, 0.25) is 5.91 Å². The van der Waals surface area contributed by atoms with E-state index >= 15 is 0 Å². The highest BCUT2D eigenvalue weighted by atomic mass is 16.1. The summed E-state index contributed by atoms with van der Waals surface area (Å²) in [6, 6.07) is 10.4. The van der Waals surface area contributed by atoms with E-state index in [4.69, 9.17) is 0 Å². The lowest BCUT2D eigenvalue weighted by molar-refractivity contribution is -0.121. The molecular formula is C16H24N2O. The smallest absolute Gasteiger partial charge is 0.221 e. The van der Waals surface area contributed by atoms with E-state index < -0.39 is 0 Å². The summed E-state index contributed by atoms with van der Waals surface area (Å²) < 4.78 is 0. The van der Waals surface area contributed by atoms with Crippen LogP contribution in [0.1, 0.15) is 50.1 Å². The minimum absolute atomic E-state index is 0.139. The first kappa shape index (κ1) is 14.1. The van der Waals surface area contributed by atoms with Crippen LogP contribution in [0.5, 0.6) is 0 Å². The molecule has 0 radical (unpaired) electrons. The second-order valence-corrected chi connectivity index (χ2v) is 5.24. The third-order valence-electron chi connectivity index (χ3n) is 3.66. The molecule has 3 nitrogen and oxygen atoms in total. The van der Waals surface area contributed by atoms with Crippen molar-refractivity contribution < 1.29 is 4.79 Å². The Balaban J connectivity index is 1.98. The Labute approximate surface area is 115 Å². The normalized spacial score (nSPS) is 22.9. The van der Waals surface area contributed by atoms with Crippen LogP contribution in [0.15, 0.2) is 30.3 Å². The van der Waals surface area contributed by atoms with Gasteiger partial charge in [0.25, 0.3) is 0 Å². The van der Waals surface area contributed by atoms with Crippen molar-refractivity contribution in [3.8, 4) is 0 Å². The van der Waals surface area contributed by atoms with Crippen LogP contribution in [0, 0.1) is 0 Å². The minimum Gasteiger partial charge on any atom is -0.356 e. The molecule has 104 valence electrons. The number of carbonyl (C=O) groups is 1. The third kappa shape index (κ3) is 5.03. The molecule has 1 aromatic rings. The molecule has 1 aliphatic rings. The van der Waals surface area contributed by atoms with Crippen LogP contribution in [0.2, 0.25) is 0 Å². The van der Waals surface area contributed by atoms with Crippen LogP contribution in [0.3, 0.4) is 0 Å². The first-order valence-corrected chi connectivity index (χ1v) is 7.41. The number of rotatable bonds is 1. The maximum absolute atomic E-state index is 11.9. The van der Waals surface area contributed by atoms with Crippen LogP contribution < -0.4 is 10.6 Å². The fourth-order valence-corrected chi connectivity index (χ4v) is 2.54. The number of benzene rings is 1. The summed E-state index contributed by atoms with van der Waals surface area (Å²) in [5.74, 6) is 0.155. The lowest BCUT2D eigenvalue weighted by Crippen LogP contribution is -2.31. The molecule has 1 heterocycles. The first-order chi connectivity index (χ1) is 9.36. The van der Waals surface area contributed by atoms with Crippen molar-refractivity contribution in [2.75, 3.05) is 13.1 Å². The van der Waals surface area contributed by atoms with Crippen LogP contribution in [-0.4, -0.2) is 19.0 Å². The zero-order chi connectivity index (χ0) is 13.3. The number of hydrogen-bond acceptors (Lipinski definition) is 2. The lowest BCUT2D eigenvalue weighted by atomic mass is 10.0. The fourth-order valence-electron chi connectivity index (χ4n) is 2.54. The Kier molecular flexibility index (Phi) is 5.89. The highest BCUT2D eigenvalue weighted by Gasteiger charge is 2.15. The standard InChI is InChI=1S/C16H24N2O/c19-16-13-15(14-9-5-4-6-10-14)17-11-7-2-1-3-8-12-18-16/h4-6,9-10,15,17H,1-3,7-8,11-13H2,(H,18,19). The van der Waals surface area contributed by atoms with E-state index in [1.165, 1.54) is 31.2 Å². The van der Waals surface area contributed by atoms with Gasteiger partial charge < -0.3 is 10.6 Å². The Morgan fingerprint density at radius 3 is 2.37 bits per heavy atom. The average molecular weight is 260 g/mol. The molecule has 3 heteroatoms. The summed E-state index contributed by atoms with van der Waals surface area (Å²) in [6.07, 6.45) is 6.61. The fraction of sp³-hybridized carbons (Fsp3) is 0.562. The van der Waals surface area contributed by atoms with E-state index in [1.54, 1.807) is 0 Å². The van der Waals surface area contributed by atoms with Gasteiger partial charge in [-0.05, 0) is 24.9 Å². The zero-order valence-corrected chi connectivity index (χ0v) is 11.5. The van der Waals surface area contributed by atoms with Crippen LogP contribution >= 0.6 is 0 Å². The Morgan fingerprint density at radius 1 is 0.895 bits per heavy atom. The van der Waals surface area contributed by atoms with E-state index in [0.717, 1.165) is 19.5 Å². The quantitative estimate of drug-likeness (QED) is 0.815. The van der Waals surface area contributed by atoms with Crippen molar-refractivity contribution in [3.05, 3.63) is 35.9 Å². The molecule has 2 N–H and O–H groups in total. The molecule has 0 bridgehead atoms. The van der Waals surface area contributed by atoms with Crippen molar-refractivity contribution in [2.24, 2.45) is 0 Å². The molecule has 1 saturated heterocycles. The molecule has 0 saturated carbocycles. The summed E-state index contributed by atoms with van der Waals surface area (Å²) in [4.78, 5) is 11.9. The van der Waals surface area contributed by atoms with Crippen LogP contribution in [0.25, 0.3) is 0 Å². The van der Waals surface area contributed by atoms with Crippen molar-refractivity contribution >= 4 is 5.91 Å². The van der Waals surface area contributed by atoms with Gasteiger partial charge in [0.05, 0.1) is 0 Å². The first-order valence-electron chi connectivity index (χ1n) is 7.41. The highest BCUT2D eigenvalue weighted by Crippen LogP contribution is 2.17. The predicted octanol–water partition coefficient (Wildman–Crippen LogP) is 2.79. The van der Waals surface area contributed by atoms with Gasteiger partial charge in [-0.1, -0.05) is 49.6 Å². The summed E-state index contributed by atoms with van der Waals surface area (Å²) in [5, 5.41) is 6.54. The van der Waals surface area contributed by atoms with Gasteiger partial charge in [0, 0.05) is 19.0 Å². The van der Waals surface area contributed by atoms with E-state index in [1.807, 2.05) is 18.2 Å². The average Bonchev–Trinajstić information content (AvgIpc) is 2.43. The van der Waals surface area contributed by atoms with Gasteiger partial charge in [-0.15, -0.1) is 0 Å². The van der Waals surface area contributed by atoms with Crippen LogP contribution in [0.4, 0.5) is 0 Å². The molecule has 1 fully saturated rings. The Bertz CT molecular complexity index is 378. The maximum atomic E-state index is 11.9. The van der Waals surface area contributed by atoms with Crippen molar-refractivity contribution in [1.29, 1.82) is 0 Å². The molecule has 1 atom stereocenters. The summed E-state index contributed by atoms with van der Waals surface area (Å²) >= 11 is 0. The summed E-state index contributed by atoms with van der Waals surface area (Å²) in [7, 11) is 0. The van der Waals surface area contributed by atoms with Gasteiger partial charge >= 0.3 is 0 Å². The maximum Gasteiger partial charge on any atom is 0.221 e. The second kappa shape index (κ2) is 7.95. The van der Waals surface area contributed by atoms with E-state index in [9.17, 15) is 4.79 Å². The molecule has 19 heavy (non-hydrogen) atoms. The van der Waals surface area contributed by atoms with Crippen molar-refractivity contribution in [3.63, 3.8) is 0 Å². The summed E-state index contributed by atoms with van der Waals surface area (Å²) in [5.41, 5.74) is 1.20. The molecule has 1 unspecified atom stereocenters. The minimum atomic E-state index is 0.139. The second-order valence-electron chi connectivity index (χ2n) is 5.24. The van der Waals surface area contributed by atoms with Crippen molar-refractivity contribution in [1.82, 2.24) is 10.6 Å². The van der Waals surface area contributed by atoms with E-state index in [0.29, 0.717) is 6.42 Å². The number of amides is 1. The highest BCUT2D eigenvalue weighted by molar-refractivity contribution is 5.76. The number of carbonyl (C=O) groups excluding carboxylic acids is 1. The molecule has 1 aromatic carbocycles. The zero-order valence-electron chi connectivity index (χ0n) is 11.5. The predicted molar refractivity (Wildman–Crippen MR) is 77.9 cm³/mol. The molecule has 0 aromatic heterocycles. The lowest BCUT2D eigenvalue weighted by Gasteiger charge is -2.20.